The van der Waals surface area contributed by atoms with E-state index in [-0.39, 0.29) is 12.8 Å². The third kappa shape index (κ3) is 6.22. The Bertz CT molecular complexity index is 408. The van der Waals surface area contributed by atoms with Crippen LogP contribution in [0.3, 0.4) is 0 Å². The third-order valence-corrected chi connectivity index (χ3v) is 5.55. The second-order valence-corrected chi connectivity index (χ2v) is 7.85. The lowest BCUT2D eigenvalue weighted by Crippen LogP contribution is -2.47. The first-order valence-electron chi connectivity index (χ1n) is 5.96. The van der Waals surface area contributed by atoms with Gasteiger partial charge < -0.3 is 10.4 Å². The van der Waals surface area contributed by atoms with Gasteiger partial charge in [0.2, 0.25) is 0 Å². The molecule has 0 aromatic carbocycles. The van der Waals surface area contributed by atoms with Gasteiger partial charge in [0.25, 0.3) is 20.1 Å². The molecule has 0 aliphatic heterocycles. The average molecular weight is 360 g/mol. The van der Waals surface area contributed by atoms with Gasteiger partial charge in [-0.3, -0.25) is 9.59 Å². The fraction of sp³-hybridized carbons (Fsp3) is 0.800. The molecule has 0 bridgehead atoms. The minimum Gasteiger partial charge on any atom is -0.316 e. The number of hydroxylamine groups is 2. The fourth-order valence-corrected chi connectivity index (χ4v) is 3.65. The molecule has 0 saturated heterocycles. The van der Waals surface area contributed by atoms with Crippen molar-refractivity contribution in [2.45, 2.75) is 24.9 Å². The molecule has 0 saturated carbocycles. The Kier molecular flexibility index (Phi) is 10.5. The van der Waals surface area contributed by atoms with E-state index in [1.54, 1.807) is 23.5 Å². The number of sulfone groups is 1. The zero-order valence-electron chi connectivity index (χ0n) is 11.7. The minimum absolute atomic E-state index is 0.0606. The molecular weight excluding hydrogens is 340 g/mol. The molecule has 2 atom stereocenters. The van der Waals surface area contributed by atoms with Crippen LogP contribution in [0.25, 0.3) is 0 Å². The summed E-state index contributed by atoms with van der Waals surface area (Å²) in [5.41, 5.74) is 3.23. The maximum Gasteiger partial charge on any atom is 0.276 e. The molecule has 0 aliphatic carbocycles. The van der Waals surface area contributed by atoms with Crippen LogP contribution in [0.2, 0.25) is 0 Å². The Hall–Kier alpha value is -0.170. The Morgan fingerprint density at radius 3 is 1.52 bits per heavy atom. The van der Waals surface area contributed by atoms with Gasteiger partial charge in [-0.1, -0.05) is 0 Å². The van der Waals surface area contributed by atoms with Crippen molar-refractivity contribution in [2.24, 2.45) is 0 Å². The molecule has 4 N–H and O–H groups in total. The van der Waals surface area contributed by atoms with E-state index in [4.69, 9.17) is 10.4 Å². The molecule has 0 unspecified atom stereocenters. The number of carbonyl (C=O) groups excluding carboxylic acids is 2. The summed E-state index contributed by atoms with van der Waals surface area (Å²) in [5, 5.41) is 15.0. The van der Waals surface area contributed by atoms with E-state index < -0.39 is 32.2 Å². The monoisotopic (exact) mass is 360 g/mol. The molecule has 11 heteroatoms. The second kappa shape index (κ2) is 10.5. The highest BCUT2D eigenvalue weighted by Gasteiger charge is 2.40. The topological polar surface area (TPSA) is 133 Å². The van der Waals surface area contributed by atoms with Crippen molar-refractivity contribution in [1.82, 2.24) is 11.0 Å². The first-order chi connectivity index (χ1) is 9.86. The van der Waals surface area contributed by atoms with Crippen LogP contribution < -0.4 is 11.0 Å². The van der Waals surface area contributed by atoms with Crippen LogP contribution in [0.4, 0.5) is 0 Å². The van der Waals surface area contributed by atoms with Crippen LogP contribution in [0.5, 0.6) is 0 Å². The van der Waals surface area contributed by atoms with E-state index in [0.717, 1.165) is 0 Å². The lowest BCUT2D eigenvalue weighted by atomic mass is 10.3. The first kappa shape index (κ1) is 20.8. The van der Waals surface area contributed by atoms with Crippen molar-refractivity contribution in [3.63, 3.8) is 0 Å². The summed E-state index contributed by atoms with van der Waals surface area (Å²) in [6.07, 6.45) is 3.63. The molecule has 0 heterocycles. The van der Waals surface area contributed by atoms with Gasteiger partial charge in [0.05, 0.1) is 0 Å². The van der Waals surface area contributed by atoms with Crippen LogP contribution in [0, 0.1) is 0 Å². The summed E-state index contributed by atoms with van der Waals surface area (Å²) in [6, 6.07) is -2.74. The predicted molar refractivity (Wildman–Crippen MR) is 82.4 cm³/mol. The van der Waals surface area contributed by atoms with Crippen molar-refractivity contribution < 1.29 is 28.4 Å². The van der Waals surface area contributed by atoms with Crippen LogP contribution in [-0.2, 0) is 19.4 Å². The molecule has 0 aliphatic rings. The van der Waals surface area contributed by atoms with Gasteiger partial charge in [0.15, 0.2) is 0 Å². The summed E-state index contributed by atoms with van der Waals surface area (Å²) in [5.74, 6) is 0.865. The maximum absolute atomic E-state index is 11.9. The summed E-state index contributed by atoms with van der Waals surface area (Å²) < 4.78 is 23.9. The number of nitrogens with one attached hydrogen (secondary N) is 2. The van der Waals surface area contributed by atoms with Gasteiger partial charge >= 0.3 is 0 Å². The van der Waals surface area contributed by atoms with Gasteiger partial charge in [0, 0.05) is 0 Å². The summed E-state index contributed by atoms with van der Waals surface area (Å²) in [4.78, 5) is 23.8. The van der Waals surface area contributed by atoms with Crippen molar-refractivity contribution in [3.05, 3.63) is 0 Å². The lowest BCUT2D eigenvalue weighted by molar-refractivity contribution is -0.119. The van der Waals surface area contributed by atoms with Crippen LogP contribution >= 0.6 is 23.5 Å². The molecule has 0 radical (unpaired) electrons. The number of rotatable bonds is 10. The van der Waals surface area contributed by atoms with Crippen molar-refractivity contribution in [3.8, 4) is 0 Å². The zero-order chi connectivity index (χ0) is 16.5. The van der Waals surface area contributed by atoms with Crippen LogP contribution in [0.1, 0.15) is 12.8 Å². The number of hydrogen-bond donors (Lipinski definition) is 4. The zero-order valence-corrected chi connectivity index (χ0v) is 14.2. The van der Waals surface area contributed by atoms with E-state index in [2.05, 4.69) is 0 Å². The number of thioether (sulfide) groups is 2. The quantitative estimate of drug-likeness (QED) is 0.383. The Morgan fingerprint density at radius 2 is 1.29 bits per heavy atom. The smallest absolute Gasteiger partial charge is 0.276 e. The molecule has 0 spiro atoms. The first-order valence-corrected chi connectivity index (χ1v) is 10.2. The summed E-state index contributed by atoms with van der Waals surface area (Å²) in [6.45, 7) is 0. The van der Waals surface area contributed by atoms with Crippen molar-refractivity contribution in [1.29, 1.82) is 0 Å². The van der Waals surface area contributed by atoms with Gasteiger partial charge in [-0.25, -0.2) is 8.42 Å². The molecule has 8 nitrogen and oxygen atoms in total. The normalized spacial score (nSPS) is 14.7. The van der Waals surface area contributed by atoms with Gasteiger partial charge in [-0.2, -0.15) is 34.5 Å². The Labute approximate surface area is 132 Å². The summed E-state index contributed by atoms with van der Waals surface area (Å²) in [7, 11) is -4.76. The SMILES string of the molecule is CSCC[C@H](NO)C(=O)S(=O)(=O)C(=O)[C@H](CCSC)NO. The molecule has 0 fully saturated rings. The van der Waals surface area contributed by atoms with E-state index in [1.165, 1.54) is 23.5 Å². The lowest BCUT2D eigenvalue weighted by Gasteiger charge is -2.16. The van der Waals surface area contributed by atoms with Crippen molar-refractivity contribution >= 4 is 43.6 Å². The van der Waals surface area contributed by atoms with Gasteiger partial charge in [0.1, 0.15) is 12.1 Å². The van der Waals surface area contributed by atoms with Gasteiger partial charge in [-0.05, 0) is 36.9 Å². The molecule has 0 amide bonds. The predicted octanol–water partition coefficient (Wildman–Crippen LogP) is -0.345. The van der Waals surface area contributed by atoms with E-state index in [0.29, 0.717) is 11.5 Å². The molecule has 124 valence electrons. The molecule has 21 heavy (non-hydrogen) atoms. The second-order valence-electron chi connectivity index (χ2n) is 4.07. The highest BCUT2D eigenvalue weighted by Crippen LogP contribution is 2.11. The Balaban J connectivity index is 5.06. The standard InChI is InChI=1S/C10H20N2O6S3/c1-19-5-3-7(11-15)9(13)21(17,18)10(14)8(12-16)4-6-20-2/h7-8,11-12,15-16H,3-6H2,1-2H3/t7-,8-/m0/s1. The molecular formula is C10H20N2O6S3. The van der Waals surface area contributed by atoms with Crippen LogP contribution in [-0.4, -0.2) is 65.2 Å². The highest BCUT2D eigenvalue weighted by molar-refractivity contribution is 8.19. The van der Waals surface area contributed by atoms with Crippen molar-refractivity contribution in [2.75, 3.05) is 24.0 Å². The van der Waals surface area contributed by atoms with E-state index in [1.807, 2.05) is 0 Å². The maximum atomic E-state index is 11.9. The van der Waals surface area contributed by atoms with E-state index >= 15 is 0 Å². The Morgan fingerprint density at radius 1 is 0.952 bits per heavy atom. The number of carbonyl (C=O) groups is 2. The molecule has 0 aromatic rings. The molecule has 0 aromatic heterocycles. The van der Waals surface area contributed by atoms with E-state index in [9.17, 15) is 18.0 Å². The fourth-order valence-electron chi connectivity index (χ4n) is 1.42. The largest absolute Gasteiger partial charge is 0.316 e. The highest BCUT2D eigenvalue weighted by atomic mass is 32.2. The molecule has 0 rings (SSSR count). The average Bonchev–Trinajstić information content (AvgIpc) is 2.48. The number of hydrogen-bond acceptors (Lipinski definition) is 10. The van der Waals surface area contributed by atoms with Gasteiger partial charge in [-0.15, -0.1) is 0 Å². The third-order valence-electron chi connectivity index (χ3n) is 2.63. The summed E-state index contributed by atoms with van der Waals surface area (Å²) >= 11 is 2.73. The minimum atomic E-state index is -4.76. The van der Waals surface area contributed by atoms with Crippen LogP contribution in [0.15, 0.2) is 0 Å².